The van der Waals surface area contributed by atoms with Gasteiger partial charge in [-0.1, -0.05) is 127 Å². The Labute approximate surface area is 230 Å². The van der Waals surface area contributed by atoms with Gasteiger partial charge in [-0.3, -0.25) is 4.99 Å². The largest absolute Gasteiger partial charge is 0.330 e. The molecule has 0 bridgehead atoms. The molecule has 2 nitrogen and oxygen atoms in total. The second-order valence-electron chi connectivity index (χ2n) is 8.31. The first-order chi connectivity index (χ1) is 14.6. The lowest BCUT2D eigenvalue weighted by molar-refractivity contribution is 0.394. The summed E-state index contributed by atoms with van der Waals surface area (Å²) >= 11 is 0. The first kappa shape index (κ1) is 47.3. The third-order valence-electron chi connectivity index (χ3n) is 5.83. The molecule has 2 rings (SSSR count). The van der Waals surface area contributed by atoms with Gasteiger partial charge in [0.15, 0.2) is 0 Å². The number of nitrogens with two attached hydrogens (primary N) is 1. The molecule has 2 atom stereocenters. The minimum Gasteiger partial charge on any atom is -0.330 e. The molecular weight excluding hydrogens is 436 g/mol. The Morgan fingerprint density at radius 1 is 0.694 bits per heavy atom. The number of rotatable bonds is 11. The summed E-state index contributed by atoms with van der Waals surface area (Å²) in [5, 5.41) is 0. The monoisotopic (exact) mass is 505 g/mol. The normalized spacial score (nSPS) is 10.8. The third kappa shape index (κ3) is 20.3. The molecule has 0 saturated heterocycles. The minimum atomic E-state index is 0. The molecule has 0 radical (unpaired) electrons. The molecule has 36 heavy (non-hydrogen) atoms. The highest BCUT2D eigenvalue weighted by molar-refractivity contribution is 5.53. The molecule has 0 saturated carbocycles. The van der Waals surface area contributed by atoms with Gasteiger partial charge in [-0.2, -0.15) is 0 Å². The van der Waals surface area contributed by atoms with E-state index >= 15 is 0 Å². The van der Waals surface area contributed by atoms with Gasteiger partial charge in [0.2, 0.25) is 0 Å². The zero-order chi connectivity index (χ0) is 22.2. The third-order valence-corrected chi connectivity index (χ3v) is 5.83. The Morgan fingerprint density at radius 2 is 1.06 bits per heavy atom. The fraction of sp³-hybridized carbons (Fsp3) is 0.618. The van der Waals surface area contributed by atoms with Crippen molar-refractivity contribution in [2.75, 3.05) is 13.1 Å². The van der Waals surface area contributed by atoms with Crippen LogP contribution in [0.1, 0.15) is 114 Å². The summed E-state index contributed by atoms with van der Waals surface area (Å²) in [6.45, 7) is 12.6. The van der Waals surface area contributed by atoms with Crippen LogP contribution in [0.4, 0.5) is 0 Å². The number of benzene rings is 2. The SMILES string of the molecule is C.C.C.C.C.C.CC=NCC(CC)CC(C)CN.CCc1ccc(CCc2ccc(CC)cc2)cc1. The molecule has 0 heterocycles. The van der Waals surface area contributed by atoms with Crippen LogP contribution in [0.25, 0.3) is 0 Å². The van der Waals surface area contributed by atoms with E-state index in [1.807, 2.05) is 13.1 Å². The van der Waals surface area contributed by atoms with Crippen molar-refractivity contribution in [2.24, 2.45) is 22.6 Å². The zero-order valence-corrected chi connectivity index (χ0v) is 20.0. The molecule has 2 aromatic carbocycles. The lowest BCUT2D eigenvalue weighted by Crippen LogP contribution is -2.16. The van der Waals surface area contributed by atoms with Gasteiger partial charge in [-0.05, 0) is 85.9 Å². The average Bonchev–Trinajstić information content (AvgIpc) is 2.81. The van der Waals surface area contributed by atoms with E-state index in [0.29, 0.717) is 5.92 Å². The second-order valence-corrected chi connectivity index (χ2v) is 8.31. The lowest BCUT2D eigenvalue weighted by atomic mass is 9.94. The maximum Gasteiger partial charge on any atom is 0.0413 e. The number of hydrogen-bond donors (Lipinski definition) is 1. The maximum atomic E-state index is 5.57. The molecule has 0 fully saturated rings. The topological polar surface area (TPSA) is 38.4 Å². The Hall–Kier alpha value is -1.93. The lowest BCUT2D eigenvalue weighted by Gasteiger charge is -2.16. The van der Waals surface area contributed by atoms with Crippen molar-refractivity contribution in [3.63, 3.8) is 0 Å². The van der Waals surface area contributed by atoms with E-state index in [4.69, 9.17) is 5.73 Å². The van der Waals surface area contributed by atoms with Crippen LogP contribution in [0.3, 0.4) is 0 Å². The van der Waals surface area contributed by atoms with Gasteiger partial charge in [-0.25, -0.2) is 0 Å². The molecule has 2 aromatic rings. The number of hydrogen-bond acceptors (Lipinski definition) is 2. The number of aliphatic imine (C=N–C) groups is 1. The van der Waals surface area contributed by atoms with E-state index in [0.717, 1.165) is 44.7 Å². The molecule has 2 heteroatoms. The highest BCUT2D eigenvalue weighted by atomic mass is 14.7. The van der Waals surface area contributed by atoms with E-state index in [9.17, 15) is 0 Å². The van der Waals surface area contributed by atoms with Crippen LogP contribution < -0.4 is 5.73 Å². The van der Waals surface area contributed by atoms with Crippen LogP contribution in [0, 0.1) is 11.8 Å². The second kappa shape index (κ2) is 29.3. The van der Waals surface area contributed by atoms with E-state index in [1.165, 1.54) is 35.1 Å². The van der Waals surface area contributed by atoms with E-state index in [1.54, 1.807) is 0 Å². The van der Waals surface area contributed by atoms with Gasteiger partial charge in [0.1, 0.15) is 0 Å². The van der Waals surface area contributed by atoms with Crippen LogP contribution in [0.2, 0.25) is 0 Å². The molecule has 214 valence electrons. The van der Waals surface area contributed by atoms with Crippen LogP contribution in [0.5, 0.6) is 0 Å². The molecule has 0 spiro atoms. The van der Waals surface area contributed by atoms with Gasteiger partial charge in [0.05, 0.1) is 0 Å². The Kier molecular flexibility index (Phi) is 38.5. The van der Waals surface area contributed by atoms with Gasteiger partial charge in [0.25, 0.3) is 0 Å². The van der Waals surface area contributed by atoms with Crippen molar-refractivity contribution < 1.29 is 0 Å². The highest BCUT2D eigenvalue weighted by Gasteiger charge is 2.09. The summed E-state index contributed by atoms with van der Waals surface area (Å²) in [4.78, 5) is 4.26. The van der Waals surface area contributed by atoms with Gasteiger partial charge in [-0.15, -0.1) is 0 Å². The summed E-state index contributed by atoms with van der Waals surface area (Å²) in [7, 11) is 0. The van der Waals surface area contributed by atoms with Crippen LogP contribution in [-0.2, 0) is 25.7 Å². The Morgan fingerprint density at radius 3 is 1.33 bits per heavy atom. The summed E-state index contributed by atoms with van der Waals surface area (Å²) in [6.07, 6.45) is 8.82. The summed E-state index contributed by atoms with van der Waals surface area (Å²) in [6, 6.07) is 18.0. The molecule has 2 N–H and O–H groups in total. The summed E-state index contributed by atoms with van der Waals surface area (Å²) in [5.74, 6) is 1.36. The molecule has 2 unspecified atom stereocenters. The fourth-order valence-electron chi connectivity index (χ4n) is 3.46. The predicted molar refractivity (Wildman–Crippen MR) is 175 cm³/mol. The van der Waals surface area contributed by atoms with Crippen molar-refractivity contribution >= 4 is 6.21 Å². The minimum absolute atomic E-state index is 0. The standard InChI is InChI=1S/C18H22.C10H22N2.6CH4/c1-3-15-5-9-17(10-6-15)13-14-18-11-7-16(4-2)8-12-18;1-4-10(8-12-5-2)6-9(3)7-11;;;;;;/h5-12H,3-4,13-14H2,1-2H3;5,9-10H,4,6-8,11H2,1-3H3;6*1H4. The Balaban J connectivity index is -0.000000114. The molecule has 0 aliphatic carbocycles. The van der Waals surface area contributed by atoms with Crippen molar-refractivity contribution in [1.29, 1.82) is 0 Å². The Bertz CT molecular complexity index is 639. The highest BCUT2D eigenvalue weighted by Crippen LogP contribution is 2.15. The summed E-state index contributed by atoms with van der Waals surface area (Å²) < 4.78 is 0. The zero-order valence-electron chi connectivity index (χ0n) is 20.0. The van der Waals surface area contributed by atoms with Crippen LogP contribution >= 0.6 is 0 Å². The molecule has 0 aromatic heterocycles. The molecular formula is C34H68N2. The average molecular weight is 505 g/mol. The van der Waals surface area contributed by atoms with Crippen LogP contribution in [0.15, 0.2) is 53.5 Å². The van der Waals surface area contributed by atoms with Gasteiger partial charge in [0, 0.05) is 6.54 Å². The van der Waals surface area contributed by atoms with Gasteiger partial charge < -0.3 is 5.73 Å². The maximum absolute atomic E-state index is 5.57. The van der Waals surface area contributed by atoms with E-state index < -0.39 is 0 Å². The first-order valence-electron chi connectivity index (χ1n) is 11.9. The molecule has 0 amide bonds. The smallest absolute Gasteiger partial charge is 0.0413 e. The first-order valence-corrected chi connectivity index (χ1v) is 11.9. The fourth-order valence-corrected chi connectivity index (χ4v) is 3.46. The predicted octanol–water partition coefficient (Wildman–Crippen LogP) is 10.5. The molecule has 0 aliphatic rings. The number of nitrogens with zero attached hydrogens (tertiary/aromatic N) is 1. The van der Waals surface area contributed by atoms with Crippen molar-refractivity contribution in [1.82, 2.24) is 0 Å². The van der Waals surface area contributed by atoms with Crippen molar-refractivity contribution in [2.45, 2.75) is 118 Å². The van der Waals surface area contributed by atoms with Crippen LogP contribution in [-0.4, -0.2) is 19.3 Å². The number of aryl methyl sites for hydroxylation is 4. The molecule has 0 aliphatic heterocycles. The summed E-state index contributed by atoms with van der Waals surface area (Å²) in [5.41, 5.74) is 11.3. The van der Waals surface area contributed by atoms with Crippen molar-refractivity contribution in [3.05, 3.63) is 70.8 Å². The van der Waals surface area contributed by atoms with Gasteiger partial charge >= 0.3 is 0 Å². The quantitative estimate of drug-likeness (QED) is 0.304. The van der Waals surface area contributed by atoms with E-state index in [-0.39, 0.29) is 44.6 Å². The van der Waals surface area contributed by atoms with Crippen molar-refractivity contribution in [3.8, 4) is 0 Å². The van der Waals surface area contributed by atoms with E-state index in [2.05, 4.69) is 81.2 Å².